The highest BCUT2D eigenvalue weighted by Gasteiger charge is 2.59. The highest BCUT2D eigenvalue weighted by atomic mass is 16.5. The third-order valence-corrected chi connectivity index (χ3v) is 15.8. The van der Waals surface area contributed by atoms with Crippen LogP contribution in [0.2, 0.25) is 0 Å². The van der Waals surface area contributed by atoms with E-state index in [-0.39, 0.29) is 24.0 Å². The number of carbonyl (C=O) groups excluding carboxylic acids is 2. The van der Waals surface area contributed by atoms with Crippen LogP contribution in [0.3, 0.4) is 0 Å². The first-order chi connectivity index (χ1) is 26.6. The molecule has 3 aromatic carbocycles. The average Bonchev–Trinajstić information content (AvgIpc) is 3.62. The molecule has 4 saturated carbocycles. The molecule has 6 heteroatoms. The molecule has 55 heavy (non-hydrogen) atoms. The summed E-state index contributed by atoms with van der Waals surface area (Å²) in [6, 6.07) is 22.9. The Morgan fingerprint density at radius 2 is 1.20 bits per heavy atom. The van der Waals surface area contributed by atoms with Crippen LogP contribution >= 0.6 is 0 Å². The molecule has 6 aliphatic carbocycles. The number of aryl methyl sites for hydroxylation is 2. The lowest BCUT2D eigenvalue weighted by Gasteiger charge is -2.50. The number of hydrogen-bond donors (Lipinski definition) is 3. The number of ether oxygens (including phenoxy) is 1. The van der Waals surface area contributed by atoms with Crippen molar-refractivity contribution in [1.82, 2.24) is 0 Å². The summed E-state index contributed by atoms with van der Waals surface area (Å²) in [6.45, 7) is 5.51. The number of ketones is 2. The third-order valence-electron chi connectivity index (χ3n) is 15.8. The van der Waals surface area contributed by atoms with Crippen LogP contribution in [0.5, 0.6) is 11.5 Å². The largest absolute Gasteiger partial charge is 0.508 e. The number of phenols is 1. The highest BCUT2D eigenvalue weighted by Crippen LogP contribution is 2.63. The Balaban J connectivity index is 0.000000160. The number of carbonyl (C=O) groups is 2. The minimum absolute atomic E-state index is 0.141. The van der Waals surface area contributed by atoms with E-state index in [1.807, 2.05) is 30.3 Å². The first-order valence-electron chi connectivity index (χ1n) is 21.5. The van der Waals surface area contributed by atoms with Crippen LogP contribution < -0.4 is 4.74 Å². The first kappa shape index (κ1) is 38.4. The summed E-state index contributed by atoms with van der Waals surface area (Å²) in [7, 11) is 0. The van der Waals surface area contributed by atoms with E-state index in [1.165, 1.54) is 34.2 Å². The van der Waals surface area contributed by atoms with Gasteiger partial charge in [0.1, 0.15) is 29.7 Å². The van der Waals surface area contributed by atoms with Gasteiger partial charge in [0.2, 0.25) is 0 Å². The van der Waals surface area contributed by atoms with Gasteiger partial charge in [-0.15, -0.1) is 0 Å². The second-order valence-corrected chi connectivity index (χ2v) is 18.6. The van der Waals surface area contributed by atoms with Gasteiger partial charge in [0.25, 0.3) is 0 Å². The molecule has 9 rings (SSSR count). The number of aliphatic hydroxyl groups is 2. The summed E-state index contributed by atoms with van der Waals surface area (Å²) in [5.74, 6) is 6.39. The quantitative estimate of drug-likeness (QED) is 0.202. The van der Waals surface area contributed by atoms with Gasteiger partial charge in [0, 0.05) is 36.9 Å². The molecule has 6 unspecified atom stereocenters. The van der Waals surface area contributed by atoms with E-state index in [9.17, 15) is 24.9 Å². The molecule has 6 nitrogen and oxygen atoms in total. The first-order valence-corrected chi connectivity index (χ1v) is 21.5. The lowest BCUT2D eigenvalue weighted by molar-refractivity contribution is -0.130. The SMILES string of the molecule is C[C@]12CCC3c4ccc(O)cc4CCC3C1[C@H](CCCO)CC2=O.C[C@]12CCC3c4ccc(OCc5ccccc5)cc4CCC3C1[C@H](CCCO)CC2=O. The summed E-state index contributed by atoms with van der Waals surface area (Å²) < 4.78 is 6.09. The molecule has 0 bridgehead atoms. The van der Waals surface area contributed by atoms with E-state index in [1.54, 1.807) is 0 Å². The van der Waals surface area contributed by atoms with Crippen LogP contribution in [0, 0.1) is 46.3 Å². The predicted molar refractivity (Wildman–Crippen MR) is 215 cm³/mol. The Kier molecular flexibility index (Phi) is 11.0. The molecule has 3 N–H and O–H groups in total. The Morgan fingerprint density at radius 1 is 0.673 bits per heavy atom. The molecule has 6 aliphatic rings. The molecule has 0 aliphatic heterocycles. The number of rotatable bonds is 9. The molecule has 0 spiro atoms. The molecule has 0 radical (unpaired) electrons. The second kappa shape index (κ2) is 15.8. The topological polar surface area (TPSA) is 104 Å². The lowest BCUT2D eigenvalue weighted by atomic mass is 9.54. The molecule has 0 aromatic heterocycles. The number of benzene rings is 3. The molecule has 294 valence electrons. The van der Waals surface area contributed by atoms with Crippen molar-refractivity contribution in [3.05, 3.63) is 94.5 Å². The number of phenolic OH excluding ortho intramolecular Hbond substituents is 1. The van der Waals surface area contributed by atoms with Gasteiger partial charge in [-0.1, -0.05) is 56.3 Å². The van der Waals surface area contributed by atoms with Crippen molar-refractivity contribution in [3.63, 3.8) is 0 Å². The van der Waals surface area contributed by atoms with Crippen molar-refractivity contribution >= 4 is 11.6 Å². The number of aromatic hydroxyl groups is 1. The second-order valence-electron chi connectivity index (χ2n) is 18.6. The van der Waals surface area contributed by atoms with Crippen molar-refractivity contribution in [2.45, 2.75) is 122 Å². The van der Waals surface area contributed by atoms with E-state index in [2.05, 4.69) is 50.2 Å². The summed E-state index contributed by atoms with van der Waals surface area (Å²) in [5.41, 5.74) is 6.54. The van der Waals surface area contributed by atoms with E-state index in [0.29, 0.717) is 77.7 Å². The van der Waals surface area contributed by atoms with E-state index in [4.69, 9.17) is 4.74 Å². The van der Waals surface area contributed by atoms with Gasteiger partial charge in [-0.2, -0.15) is 0 Å². The van der Waals surface area contributed by atoms with Crippen LogP contribution in [-0.4, -0.2) is 40.1 Å². The molecule has 0 heterocycles. The molecular formula is C49H62O6. The normalized spacial score (nSPS) is 34.3. The van der Waals surface area contributed by atoms with Crippen LogP contribution in [0.4, 0.5) is 0 Å². The van der Waals surface area contributed by atoms with Gasteiger partial charge in [-0.25, -0.2) is 0 Å². The van der Waals surface area contributed by atoms with Crippen LogP contribution in [-0.2, 0) is 29.0 Å². The molecule has 10 atom stereocenters. The molecule has 0 saturated heterocycles. The summed E-state index contributed by atoms with van der Waals surface area (Å²) in [5, 5.41) is 28.4. The fraction of sp³-hybridized carbons (Fsp3) is 0.592. The van der Waals surface area contributed by atoms with Crippen LogP contribution in [0.1, 0.15) is 131 Å². The minimum atomic E-state index is -0.143. The Labute approximate surface area is 328 Å². The minimum Gasteiger partial charge on any atom is -0.508 e. The fourth-order valence-corrected chi connectivity index (χ4v) is 13.3. The molecule has 4 fully saturated rings. The van der Waals surface area contributed by atoms with E-state index >= 15 is 0 Å². The van der Waals surface area contributed by atoms with Crippen molar-refractivity contribution in [3.8, 4) is 11.5 Å². The maximum absolute atomic E-state index is 13.0. The van der Waals surface area contributed by atoms with Crippen molar-refractivity contribution in [1.29, 1.82) is 0 Å². The Morgan fingerprint density at radius 3 is 1.75 bits per heavy atom. The van der Waals surface area contributed by atoms with Crippen molar-refractivity contribution < 1.29 is 29.6 Å². The van der Waals surface area contributed by atoms with E-state index in [0.717, 1.165) is 82.8 Å². The van der Waals surface area contributed by atoms with Crippen molar-refractivity contribution in [2.75, 3.05) is 13.2 Å². The zero-order valence-electron chi connectivity index (χ0n) is 33.1. The highest BCUT2D eigenvalue weighted by molar-refractivity contribution is 5.88. The average molecular weight is 747 g/mol. The van der Waals surface area contributed by atoms with Gasteiger partial charge >= 0.3 is 0 Å². The monoisotopic (exact) mass is 746 g/mol. The van der Waals surface area contributed by atoms with Crippen LogP contribution in [0.25, 0.3) is 0 Å². The zero-order valence-corrected chi connectivity index (χ0v) is 33.1. The third kappa shape index (κ3) is 7.09. The van der Waals surface area contributed by atoms with Gasteiger partial charge in [0.05, 0.1) is 0 Å². The summed E-state index contributed by atoms with van der Waals surface area (Å²) in [6.07, 6.45) is 13.6. The molecule has 3 aromatic rings. The summed E-state index contributed by atoms with van der Waals surface area (Å²) in [4.78, 5) is 25.8. The predicted octanol–water partition coefficient (Wildman–Crippen LogP) is 9.51. The number of Topliss-reactive ketones (excluding diaryl/α,β-unsaturated/α-hetero) is 2. The van der Waals surface area contributed by atoms with Crippen LogP contribution in [0.15, 0.2) is 66.7 Å². The molecular weight excluding hydrogens is 685 g/mol. The maximum Gasteiger partial charge on any atom is 0.139 e. The van der Waals surface area contributed by atoms with Gasteiger partial charge in [0.15, 0.2) is 0 Å². The smallest absolute Gasteiger partial charge is 0.139 e. The number of fused-ring (bicyclic) bond motifs is 10. The molecule has 0 amide bonds. The zero-order chi connectivity index (χ0) is 38.3. The Hall–Kier alpha value is -3.48. The van der Waals surface area contributed by atoms with E-state index < -0.39 is 0 Å². The lowest BCUT2D eigenvalue weighted by Crippen LogP contribution is -2.44. The fourth-order valence-electron chi connectivity index (χ4n) is 13.3. The van der Waals surface area contributed by atoms with Gasteiger partial charge in [-0.05, 0) is 176 Å². The maximum atomic E-state index is 13.0. The Bertz CT molecular complexity index is 1850. The standard InChI is InChI=1S/C28H34O3.C21H28O3/c1-28-14-13-24-23-12-10-22(31-18-19-6-3-2-4-7-19)16-20(23)9-11-25(24)27(28)21(8-5-15-29)17-26(28)30;1-21-9-8-17-16-7-5-15(23)11-13(16)4-6-18(17)20(21)14(3-2-10-22)12-19(21)24/h2-4,6-7,10,12,16,21,24-25,27,29H,5,8-9,11,13-15,17-18H2,1H3;5,7,11,14,17-18,20,22-23H,2-4,6,8-10,12H2,1H3/t21-,24?,25?,27?,28-;14-,17?,18?,20?,21-/m11/s1. The van der Waals surface area contributed by atoms with Gasteiger partial charge < -0.3 is 20.1 Å². The van der Waals surface area contributed by atoms with Crippen molar-refractivity contribution in [2.24, 2.45) is 46.3 Å². The number of hydrogen-bond acceptors (Lipinski definition) is 6. The number of aliphatic hydroxyl groups excluding tert-OH is 2. The summed E-state index contributed by atoms with van der Waals surface area (Å²) >= 11 is 0. The van der Waals surface area contributed by atoms with Gasteiger partial charge in [-0.3, -0.25) is 9.59 Å².